The third-order valence-electron chi connectivity index (χ3n) is 3.51. The van der Waals surface area contributed by atoms with Crippen molar-refractivity contribution in [3.8, 4) is 0 Å². The van der Waals surface area contributed by atoms with Crippen LogP contribution in [0.15, 0.2) is 0 Å². The van der Waals surface area contributed by atoms with Crippen LogP contribution in [0.5, 0.6) is 0 Å². The molecule has 1 atom stereocenters. The molecule has 1 aliphatic heterocycles. The first-order valence-electron chi connectivity index (χ1n) is 6.95. The molecule has 18 heavy (non-hydrogen) atoms. The molecule has 1 aliphatic rings. The molecule has 0 saturated carbocycles. The van der Waals surface area contributed by atoms with Crippen molar-refractivity contribution in [1.29, 1.82) is 0 Å². The summed E-state index contributed by atoms with van der Waals surface area (Å²) in [6, 6.07) is 0.362. The molecule has 1 saturated heterocycles. The van der Waals surface area contributed by atoms with Gasteiger partial charge in [-0.15, -0.1) is 0 Å². The Balaban J connectivity index is 2.24. The Bertz CT molecular complexity index is 249. The zero-order valence-electron chi connectivity index (χ0n) is 12.3. The van der Waals surface area contributed by atoms with E-state index in [0.717, 1.165) is 45.7 Å². The van der Waals surface area contributed by atoms with Crippen LogP contribution in [0.1, 0.15) is 20.3 Å². The summed E-state index contributed by atoms with van der Waals surface area (Å²) in [6.07, 6.45) is 0.981. The molecule has 1 heterocycles. The topological polar surface area (TPSA) is 38.8 Å². The van der Waals surface area contributed by atoms with Crippen LogP contribution in [-0.2, 0) is 0 Å². The Morgan fingerprint density at radius 3 is 2.39 bits per heavy atom. The standard InChI is InChI=1S/C13H28N4O/c1-5-12(2)14-13(18)17-10-8-16(9-11-17)7-6-15(3)4/h12H,5-11H2,1-4H3,(H,14,18). The van der Waals surface area contributed by atoms with Gasteiger partial charge in [-0.25, -0.2) is 4.79 Å². The molecule has 106 valence electrons. The zero-order valence-corrected chi connectivity index (χ0v) is 12.3. The average molecular weight is 256 g/mol. The Labute approximate surface area is 111 Å². The zero-order chi connectivity index (χ0) is 13.5. The number of urea groups is 1. The summed E-state index contributed by atoms with van der Waals surface area (Å²) in [5, 5.41) is 3.02. The van der Waals surface area contributed by atoms with Gasteiger partial charge in [0.1, 0.15) is 0 Å². The minimum Gasteiger partial charge on any atom is -0.336 e. The van der Waals surface area contributed by atoms with E-state index in [1.165, 1.54) is 0 Å². The van der Waals surface area contributed by atoms with Crippen molar-refractivity contribution in [3.05, 3.63) is 0 Å². The molecule has 0 aliphatic carbocycles. The number of hydrogen-bond acceptors (Lipinski definition) is 3. The molecule has 0 bridgehead atoms. The van der Waals surface area contributed by atoms with Crippen LogP contribution in [0.25, 0.3) is 0 Å². The molecule has 0 aromatic heterocycles. The summed E-state index contributed by atoms with van der Waals surface area (Å²) in [5.74, 6) is 0. The van der Waals surface area contributed by atoms with Gasteiger partial charge in [0.15, 0.2) is 0 Å². The SMILES string of the molecule is CCC(C)NC(=O)N1CCN(CCN(C)C)CC1. The van der Waals surface area contributed by atoms with E-state index in [0.29, 0.717) is 0 Å². The number of nitrogens with zero attached hydrogens (tertiary/aromatic N) is 3. The number of carbonyl (C=O) groups excluding carboxylic acids is 1. The Morgan fingerprint density at radius 2 is 1.89 bits per heavy atom. The number of amides is 2. The van der Waals surface area contributed by atoms with Crippen LogP contribution in [0.2, 0.25) is 0 Å². The smallest absolute Gasteiger partial charge is 0.317 e. The van der Waals surface area contributed by atoms with E-state index in [-0.39, 0.29) is 12.1 Å². The Hall–Kier alpha value is -0.810. The molecule has 0 spiro atoms. The molecule has 5 heteroatoms. The minimum absolute atomic E-state index is 0.0941. The number of rotatable bonds is 5. The highest BCUT2D eigenvalue weighted by Crippen LogP contribution is 2.02. The second-order valence-electron chi connectivity index (χ2n) is 5.39. The number of likely N-dealkylation sites (N-methyl/N-ethyl adjacent to an activating group) is 1. The van der Waals surface area contributed by atoms with Crippen LogP contribution in [-0.4, -0.2) is 80.1 Å². The molecule has 1 N–H and O–H groups in total. The van der Waals surface area contributed by atoms with Crippen molar-refractivity contribution in [1.82, 2.24) is 20.0 Å². The van der Waals surface area contributed by atoms with Gasteiger partial charge in [-0.2, -0.15) is 0 Å². The summed E-state index contributed by atoms with van der Waals surface area (Å²) in [6.45, 7) is 9.97. The van der Waals surface area contributed by atoms with E-state index < -0.39 is 0 Å². The van der Waals surface area contributed by atoms with Crippen LogP contribution < -0.4 is 5.32 Å². The van der Waals surface area contributed by atoms with Gasteiger partial charge in [0, 0.05) is 45.3 Å². The monoisotopic (exact) mass is 256 g/mol. The van der Waals surface area contributed by atoms with E-state index in [1.54, 1.807) is 0 Å². The van der Waals surface area contributed by atoms with Gasteiger partial charge < -0.3 is 15.1 Å². The normalized spacial score (nSPS) is 19.1. The van der Waals surface area contributed by atoms with Gasteiger partial charge in [0.2, 0.25) is 0 Å². The van der Waals surface area contributed by atoms with E-state index in [1.807, 2.05) is 11.8 Å². The molecule has 0 radical (unpaired) electrons. The lowest BCUT2D eigenvalue weighted by molar-refractivity contribution is 0.132. The third-order valence-corrected chi connectivity index (χ3v) is 3.51. The third kappa shape index (κ3) is 5.23. The summed E-state index contributed by atoms with van der Waals surface area (Å²) in [4.78, 5) is 18.5. The molecule has 0 aromatic carbocycles. The first-order chi connectivity index (χ1) is 8.52. The maximum atomic E-state index is 11.9. The molecule has 5 nitrogen and oxygen atoms in total. The predicted octanol–water partition coefficient (Wildman–Crippen LogP) is 0.674. The molecule has 1 rings (SSSR count). The summed E-state index contributed by atoms with van der Waals surface area (Å²) in [7, 11) is 4.19. The van der Waals surface area contributed by atoms with Crippen molar-refractivity contribution in [2.45, 2.75) is 26.3 Å². The van der Waals surface area contributed by atoms with Crippen molar-refractivity contribution >= 4 is 6.03 Å². The van der Waals surface area contributed by atoms with Gasteiger partial charge >= 0.3 is 6.03 Å². The van der Waals surface area contributed by atoms with Gasteiger partial charge in [0.25, 0.3) is 0 Å². The summed E-state index contributed by atoms with van der Waals surface area (Å²) >= 11 is 0. The fraction of sp³-hybridized carbons (Fsp3) is 0.923. The fourth-order valence-electron chi connectivity index (χ4n) is 1.92. The van der Waals surface area contributed by atoms with Crippen LogP contribution in [0.3, 0.4) is 0 Å². The Kier molecular flexibility index (Phi) is 6.43. The number of carbonyl (C=O) groups is 1. The van der Waals surface area contributed by atoms with Crippen molar-refractivity contribution in [2.75, 3.05) is 53.4 Å². The van der Waals surface area contributed by atoms with Crippen LogP contribution >= 0.6 is 0 Å². The van der Waals surface area contributed by atoms with E-state index in [9.17, 15) is 4.79 Å². The quantitative estimate of drug-likeness (QED) is 0.786. The molecular formula is C13H28N4O. The van der Waals surface area contributed by atoms with E-state index >= 15 is 0 Å². The maximum Gasteiger partial charge on any atom is 0.317 e. The largest absolute Gasteiger partial charge is 0.336 e. The fourth-order valence-corrected chi connectivity index (χ4v) is 1.92. The Morgan fingerprint density at radius 1 is 1.28 bits per heavy atom. The first-order valence-corrected chi connectivity index (χ1v) is 6.95. The predicted molar refractivity (Wildman–Crippen MR) is 74.9 cm³/mol. The molecule has 0 aromatic rings. The van der Waals surface area contributed by atoms with E-state index in [4.69, 9.17) is 0 Å². The molecular weight excluding hydrogens is 228 g/mol. The number of hydrogen-bond donors (Lipinski definition) is 1. The van der Waals surface area contributed by atoms with Crippen molar-refractivity contribution in [2.24, 2.45) is 0 Å². The highest BCUT2D eigenvalue weighted by atomic mass is 16.2. The van der Waals surface area contributed by atoms with Crippen LogP contribution in [0.4, 0.5) is 4.79 Å². The van der Waals surface area contributed by atoms with E-state index in [2.05, 4.69) is 36.1 Å². The number of nitrogens with one attached hydrogen (secondary N) is 1. The summed E-state index contributed by atoms with van der Waals surface area (Å²) < 4.78 is 0. The lowest BCUT2D eigenvalue weighted by Gasteiger charge is -2.35. The molecule has 1 unspecified atom stereocenters. The second kappa shape index (κ2) is 7.59. The highest BCUT2D eigenvalue weighted by Gasteiger charge is 2.21. The average Bonchev–Trinajstić information content (AvgIpc) is 2.36. The van der Waals surface area contributed by atoms with Gasteiger partial charge in [-0.3, -0.25) is 4.90 Å². The minimum atomic E-state index is 0.0941. The van der Waals surface area contributed by atoms with Crippen LogP contribution in [0, 0.1) is 0 Å². The maximum absolute atomic E-state index is 11.9. The molecule has 1 fully saturated rings. The summed E-state index contributed by atoms with van der Waals surface area (Å²) in [5.41, 5.74) is 0. The molecule has 2 amide bonds. The lowest BCUT2D eigenvalue weighted by atomic mass is 10.2. The van der Waals surface area contributed by atoms with Gasteiger partial charge in [-0.05, 0) is 27.4 Å². The first kappa shape index (κ1) is 15.2. The lowest BCUT2D eigenvalue weighted by Crippen LogP contribution is -2.53. The van der Waals surface area contributed by atoms with Gasteiger partial charge in [-0.1, -0.05) is 6.92 Å². The second-order valence-corrected chi connectivity index (χ2v) is 5.39. The van der Waals surface area contributed by atoms with Crippen molar-refractivity contribution < 1.29 is 4.79 Å². The highest BCUT2D eigenvalue weighted by molar-refractivity contribution is 5.74. The van der Waals surface area contributed by atoms with Crippen molar-refractivity contribution in [3.63, 3.8) is 0 Å². The number of piperazine rings is 1. The van der Waals surface area contributed by atoms with Gasteiger partial charge in [0.05, 0.1) is 0 Å².